The number of carbonyl (C=O) groups excluding carboxylic acids is 1. The van der Waals surface area contributed by atoms with E-state index in [1.165, 1.54) is 36.1 Å². The Balaban J connectivity index is 1.57. The van der Waals surface area contributed by atoms with E-state index in [1.807, 2.05) is 24.4 Å². The smallest absolute Gasteiger partial charge is 0.254 e. The molecular weight excluding hydrogens is 472 g/mol. The molecule has 1 N–H and O–H groups in total. The van der Waals surface area contributed by atoms with Gasteiger partial charge in [-0.15, -0.1) is 17.8 Å². The third-order valence-electron chi connectivity index (χ3n) is 5.92. The molecule has 1 saturated carbocycles. The van der Waals surface area contributed by atoms with Crippen LogP contribution in [-0.2, 0) is 12.8 Å². The first-order valence-corrected chi connectivity index (χ1v) is 12.6. The highest BCUT2D eigenvalue weighted by Gasteiger charge is 2.27. The van der Waals surface area contributed by atoms with E-state index >= 15 is 0 Å². The number of hydrogen-bond acceptors (Lipinski definition) is 4. The number of thiophene rings is 1. The zero-order valence-electron chi connectivity index (χ0n) is 17.6. The molecule has 1 fully saturated rings. The summed E-state index contributed by atoms with van der Waals surface area (Å²) in [5, 5.41) is 4.12. The van der Waals surface area contributed by atoms with Crippen molar-refractivity contribution in [2.24, 2.45) is 4.99 Å². The van der Waals surface area contributed by atoms with Crippen molar-refractivity contribution >= 4 is 44.4 Å². The molecule has 0 spiro atoms. The van der Waals surface area contributed by atoms with Gasteiger partial charge in [0.15, 0.2) is 0 Å². The Morgan fingerprint density at radius 1 is 1.26 bits per heavy atom. The van der Waals surface area contributed by atoms with Crippen molar-refractivity contribution in [2.75, 3.05) is 6.61 Å². The van der Waals surface area contributed by atoms with Gasteiger partial charge in [-0.25, -0.2) is 4.99 Å². The van der Waals surface area contributed by atoms with E-state index in [4.69, 9.17) is 16.2 Å². The van der Waals surface area contributed by atoms with Crippen LogP contribution >= 0.6 is 27.3 Å². The third-order valence-corrected chi connectivity index (χ3v) is 7.74. The second kappa shape index (κ2) is 10.5. The Hall–Kier alpha value is -2.10. The highest BCUT2D eigenvalue weighted by molar-refractivity contribution is 9.10. The monoisotopic (exact) mass is 498 g/mol. The van der Waals surface area contributed by atoms with Gasteiger partial charge in [0, 0.05) is 17.1 Å². The highest BCUT2D eigenvalue weighted by atomic mass is 79.9. The van der Waals surface area contributed by atoms with Crippen molar-refractivity contribution in [3.05, 3.63) is 44.2 Å². The van der Waals surface area contributed by atoms with Gasteiger partial charge < -0.3 is 10.1 Å². The Kier molecular flexibility index (Phi) is 7.47. The van der Waals surface area contributed by atoms with Gasteiger partial charge in [-0.1, -0.05) is 25.2 Å². The minimum Gasteiger partial charge on any atom is -0.480 e. The summed E-state index contributed by atoms with van der Waals surface area (Å²) >= 11 is 5.20. The molecule has 0 radical (unpaired) electrons. The molecule has 0 atom stereocenters. The second-order valence-corrected chi connectivity index (χ2v) is 10.1. The zero-order valence-corrected chi connectivity index (χ0v) is 20.0. The summed E-state index contributed by atoms with van der Waals surface area (Å²) in [7, 11) is 0. The fraction of sp³-hybridized carbons (Fsp3) is 0.440. The van der Waals surface area contributed by atoms with Crippen LogP contribution in [0.3, 0.4) is 0 Å². The van der Waals surface area contributed by atoms with E-state index in [-0.39, 0.29) is 12.5 Å². The van der Waals surface area contributed by atoms with E-state index in [0.29, 0.717) is 11.8 Å². The van der Waals surface area contributed by atoms with Gasteiger partial charge in [0.2, 0.25) is 0 Å². The minimum absolute atomic E-state index is 0.0534. The number of carbonyl (C=O) groups is 1. The molecule has 0 saturated heterocycles. The van der Waals surface area contributed by atoms with E-state index in [9.17, 15) is 4.79 Å². The van der Waals surface area contributed by atoms with E-state index in [1.54, 1.807) is 11.3 Å². The van der Waals surface area contributed by atoms with Crippen LogP contribution in [0.15, 0.2) is 27.7 Å². The van der Waals surface area contributed by atoms with Gasteiger partial charge in [0.25, 0.3) is 5.91 Å². The number of halogens is 1. The number of aryl methyl sites for hydroxylation is 1. The normalized spacial score (nSPS) is 16.6. The summed E-state index contributed by atoms with van der Waals surface area (Å²) in [4.78, 5) is 19.4. The lowest BCUT2D eigenvalue weighted by Gasteiger charge is -2.23. The van der Waals surface area contributed by atoms with Crippen molar-refractivity contribution in [1.29, 1.82) is 0 Å². The van der Waals surface area contributed by atoms with Crippen molar-refractivity contribution in [2.45, 2.75) is 63.8 Å². The number of terminal acetylenes is 1. The number of amides is 1. The maximum Gasteiger partial charge on any atom is 0.254 e. The van der Waals surface area contributed by atoms with Crippen LogP contribution in [0.1, 0.15) is 71.3 Å². The SMILES string of the molecule is C#CCOc1ccc(C=Nc2sc3c(c2C(=O)NC2CCCCC2)CCCC3)cc1Br. The molecule has 31 heavy (non-hydrogen) atoms. The molecule has 4 rings (SSSR count). The van der Waals surface area contributed by atoms with Gasteiger partial charge in [-0.3, -0.25) is 4.79 Å². The average Bonchev–Trinajstić information content (AvgIpc) is 3.16. The Morgan fingerprint density at radius 3 is 2.84 bits per heavy atom. The van der Waals surface area contributed by atoms with Crippen LogP contribution in [0.25, 0.3) is 0 Å². The fourth-order valence-corrected chi connectivity index (χ4v) is 6.09. The molecular formula is C25H27BrN2O2S. The maximum atomic E-state index is 13.3. The molecule has 0 bridgehead atoms. The van der Waals surface area contributed by atoms with Crippen LogP contribution in [0, 0.1) is 12.3 Å². The van der Waals surface area contributed by atoms with Gasteiger partial charge >= 0.3 is 0 Å². The predicted molar refractivity (Wildman–Crippen MR) is 131 cm³/mol. The molecule has 1 aromatic heterocycles. The first-order valence-electron chi connectivity index (χ1n) is 11.0. The molecule has 0 aliphatic heterocycles. The number of nitrogens with zero attached hydrogens (tertiary/aromatic N) is 1. The van der Waals surface area contributed by atoms with Crippen LogP contribution in [-0.4, -0.2) is 24.8 Å². The summed E-state index contributed by atoms with van der Waals surface area (Å²) in [6.45, 7) is 0.228. The lowest BCUT2D eigenvalue weighted by Crippen LogP contribution is -2.36. The number of benzene rings is 1. The molecule has 2 aromatic rings. The predicted octanol–water partition coefficient (Wildman–Crippen LogP) is 6.21. The molecule has 2 aliphatic carbocycles. The molecule has 6 heteroatoms. The van der Waals surface area contributed by atoms with E-state index in [2.05, 4.69) is 27.2 Å². The quantitative estimate of drug-likeness (QED) is 0.379. The number of ether oxygens (including phenoxy) is 1. The Labute approximate surface area is 196 Å². The number of fused-ring (bicyclic) bond motifs is 1. The van der Waals surface area contributed by atoms with Gasteiger partial charge in [0.05, 0.1) is 10.0 Å². The second-order valence-electron chi connectivity index (χ2n) is 8.14. The first-order chi connectivity index (χ1) is 15.2. The van der Waals surface area contributed by atoms with Crippen LogP contribution in [0.4, 0.5) is 5.00 Å². The van der Waals surface area contributed by atoms with Gasteiger partial charge in [-0.05, 0) is 83.8 Å². The summed E-state index contributed by atoms with van der Waals surface area (Å²) in [5.41, 5.74) is 2.95. The molecule has 2 aliphatic rings. The van der Waals surface area contributed by atoms with E-state index in [0.717, 1.165) is 52.7 Å². The molecule has 1 heterocycles. The fourth-order valence-electron chi connectivity index (χ4n) is 4.35. The molecule has 1 amide bonds. The zero-order chi connectivity index (χ0) is 21.6. The van der Waals surface area contributed by atoms with Crippen LogP contribution < -0.4 is 10.1 Å². The van der Waals surface area contributed by atoms with Gasteiger partial charge in [-0.2, -0.15) is 0 Å². The lowest BCUT2D eigenvalue weighted by molar-refractivity contribution is 0.0927. The Morgan fingerprint density at radius 2 is 2.06 bits per heavy atom. The van der Waals surface area contributed by atoms with Crippen molar-refractivity contribution in [1.82, 2.24) is 5.32 Å². The Bertz CT molecular complexity index is 1020. The van der Waals surface area contributed by atoms with E-state index < -0.39 is 0 Å². The van der Waals surface area contributed by atoms with Gasteiger partial charge in [0.1, 0.15) is 17.4 Å². The summed E-state index contributed by atoms with van der Waals surface area (Å²) in [6, 6.07) is 6.06. The molecule has 0 unspecified atom stereocenters. The molecule has 4 nitrogen and oxygen atoms in total. The minimum atomic E-state index is 0.0534. The summed E-state index contributed by atoms with van der Waals surface area (Å²) in [6.07, 6.45) is 17.3. The largest absolute Gasteiger partial charge is 0.480 e. The van der Waals surface area contributed by atoms with Crippen molar-refractivity contribution in [3.8, 4) is 18.1 Å². The average molecular weight is 499 g/mol. The molecule has 162 valence electrons. The number of rotatable bonds is 6. The lowest BCUT2D eigenvalue weighted by atomic mass is 9.93. The van der Waals surface area contributed by atoms with Crippen molar-refractivity contribution < 1.29 is 9.53 Å². The molecule has 1 aromatic carbocycles. The first kappa shape index (κ1) is 22.1. The number of hydrogen-bond donors (Lipinski definition) is 1. The van der Waals surface area contributed by atoms with Crippen molar-refractivity contribution in [3.63, 3.8) is 0 Å². The topological polar surface area (TPSA) is 50.7 Å². The van der Waals surface area contributed by atoms with Crippen LogP contribution in [0.2, 0.25) is 0 Å². The maximum absolute atomic E-state index is 13.3. The summed E-state index contributed by atoms with van der Waals surface area (Å²) < 4.78 is 6.33. The number of nitrogens with one attached hydrogen (secondary N) is 1. The third kappa shape index (κ3) is 5.39. The summed E-state index contributed by atoms with van der Waals surface area (Å²) in [5.74, 6) is 3.22. The van der Waals surface area contributed by atoms with Crippen LogP contribution in [0.5, 0.6) is 5.75 Å². The standard InChI is InChI=1S/C25H27BrN2O2S/c1-2-14-30-21-13-12-17(15-20(21)26)16-27-25-23(19-10-6-7-11-22(19)31-25)24(29)28-18-8-4-3-5-9-18/h1,12-13,15-16,18H,3-11,14H2,(H,28,29). The highest BCUT2D eigenvalue weighted by Crippen LogP contribution is 2.40. The number of aliphatic imine (C=N–C) groups is 1.